The minimum Gasteiger partial charge on any atom is -0.481 e. The fourth-order valence-electron chi connectivity index (χ4n) is 3.49. The maximum Gasteiger partial charge on any atom is 0.300 e. The van der Waals surface area contributed by atoms with Crippen LogP contribution in [0.1, 0.15) is 111 Å². The Morgan fingerprint density at radius 2 is 1.48 bits per heavy atom. The molecular weight excluding hydrogens is 364 g/mol. The maximum absolute atomic E-state index is 9.69. The van der Waals surface area contributed by atoms with E-state index in [1.165, 1.54) is 83.5 Å². The predicted molar refractivity (Wildman–Crippen MR) is 123 cm³/mol. The van der Waals surface area contributed by atoms with E-state index in [2.05, 4.69) is 24.1 Å². The second-order valence-electron chi connectivity index (χ2n) is 7.98. The lowest BCUT2D eigenvalue weighted by Crippen LogP contribution is -2.35. The number of hydrogen-bond acceptors (Lipinski definition) is 4. The molecule has 0 aromatic carbocycles. The number of unbranched alkanes of at least 4 members (excludes halogenated alkanes) is 11. The van der Waals surface area contributed by atoms with Crippen molar-refractivity contribution in [3.05, 3.63) is 12.2 Å². The number of rotatable bonds is 16. The van der Waals surface area contributed by atoms with Crippen LogP contribution in [0.15, 0.2) is 17.1 Å². The molecule has 1 unspecified atom stereocenters. The van der Waals surface area contributed by atoms with E-state index in [1.807, 2.05) is 11.8 Å². The summed E-state index contributed by atoms with van der Waals surface area (Å²) in [6.45, 7) is 6.93. The molecule has 0 saturated carbocycles. The highest BCUT2D eigenvalue weighted by Gasteiger charge is 2.19. The Balaban J connectivity index is 0.00000178. The van der Waals surface area contributed by atoms with Gasteiger partial charge in [0.1, 0.15) is 12.1 Å². The number of allylic oxidation sites excluding steroid dienone is 2. The fourth-order valence-corrected chi connectivity index (χ4v) is 3.49. The number of carbonyl (C=O) groups is 1. The van der Waals surface area contributed by atoms with Crippen molar-refractivity contribution in [1.29, 1.82) is 0 Å². The van der Waals surface area contributed by atoms with E-state index in [1.54, 1.807) is 0 Å². The molecule has 0 spiro atoms. The number of carboxylic acid groups (broad SMARTS) is 1. The molecule has 1 aliphatic rings. The summed E-state index contributed by atoms with van der Waals surface area (Å²) in [5.41, 5.74) is 0. The smallest absolute Gasteiger partial charge is 0.300 e. The number of hydrogen-bond donors (Lipinski definition) is 2. The van der Waals surface area contributed by atoms with Crippen LogP contribution in [0.4, 0.5) is 0 Å². The molecule has 170 valence electrons. The van der Waals surface area contributed by atoms with Crippen LogP contribution in [0.3, 0.4) is 0 Å². The summed E-state index contributed by atoms with van der Waals surface area (Å²) in [7, 11) is 0. The van der Waals surface area contributed by atoms with Crippen molar-refractivity contribution in [3.8, 4) is 0 Å². The van der Waals surface area contributed by atoms with Gasteiger partial charge >= 0.3 is 0 Å². The predicted octanol–water partition coefficient (Wildman–Crippen LogP) is 6.17. The normalized spacial score (nSPS) is 14.6. The highest BCUT2D eigenvalue weighted by atomic mass is 16.4. The molecule has 0 saturated heterocycles. The Labute approximate surface area is 179 Å². The summed E-state index contributed by atoms with van der Waals surface area (Å²) in [4.78, 5) is 15.6. The van der Waals surface area contributed by atoms with Crippen molar-refractivity contribution in [2.45, 2.75) is 117 Å². The van der Waals surface area contributed by atoms with E-state index in [0.29, 0.717) is 0 Å². The lowest BCUT2D eigenvalue weighted by molar-refractivity contribution is -0.134. The maximum atomic E-state index is 9.69. The third-order valence-corrected chi connectivity index (χ3v) is 5.08. The minimum atomic E-state index is -0.833. The van der Waals surface area contributed by atoms with Gasteiger partial charge in [0.15, 0.2) is 0 Å². The number of amidine groups is 1. The van der Waals surface area contributed by atoms with Gasteiger partial charge in [-0.25, -0.2) is 0 Å². The Morgan fingerprint density at radius 1 is 1.00 bits per heavy atom. The van der Waals surface area contributed by atoms with Crippen LogP contribution in [-0.2, 0) is 4.79 Å². The quantitative estimate of drug-likeness (QED) is 0.236. The molecule has 2 N–H and O–H groups in total. The highest BCUT2D eigenvalue weighted by molar-refractivity contribution is 5.83. The average Bonchev–Trinajstić information content (AvgIpc) is 3.13. The van der Waals surface area contributed by atoms with Gasteiger partial charge in [0.2, 0.25) is 0 Å². The molecule has 5 heteroatoms. The Hall–Kier alpha value is -1.36. The van der Waals surface area contributed by atoms with Gasteiger partial charge in [-0.3, -0.25) is 9.79 Å². The van der Waals surface area contributed by atoms with Crippen molar-refractivity contribution < 1.29 is 15.0 Å². The molecule has 0 bridgehead atoms. The van der Waals surface area contributed by atoms with Gasteiger partial charge in [0.05, 0.1) is 6.54 Å². The highest BCUT2D eigenvalue weighted by Crippen LogP contribution is 2.14. The molecule has 0 amide bonds. The number of carboxylic acids is 1. The fraction of sp³-hybridized carbons (Fsp3) is 0.833. The molecule has 0 radical (unpaired) electrons. The lowest BCUT2D eigenvalue weighted by Gasteiger charge is -2.23. The molecule has 0 aromatic rings. The van der Waals surface area contributed by atoms with Crippen LogP contribution in [0.25, 0.3) is 0 Å². The van der Waals surface area contributed by atoms with E-state index in [-0.39, 0.29) is 6.23 Å². The van der Waals surface area contributed by atoms with Crippen molar-refractivity contribution >= 4 is 11.8 Å². The number of aliphatic hydroxyl groups is 1. The molecule has 1 rings (SSSR count). The number of aliphatic imine (C=N–C) groups is 1. The Morgan fingerprint density at radius 3 is 2.00 bits per heavy atom. The van der Waals surface area contributed by atoms with Crippen molar-refractivity contribution in [2.75, 3.05) is 13.1 Å². The average molecular weight is 411 g/mol. The zero-order chi connectivity index (χ0) is 21.7. The lowest BCUT2D eigenvalue weighted by atomic mass is 10.1. The van der Waals surface area contributed by atoms with Gasteiger partial charge in [-0.15, -0.1) is 0 Å². The SMILES string of the molecule is CC(=O)O.CCCCCCCC/C=C/CCCCCCCC1=NCCN1C(C)O. The molecule has 1 atom stereocenters. The third kappa shape index (κ3) is 18.4. The first-order valence-electron chi connectivity index (χ1n) is 11.8. The Kier molecular flexibility index (Phi) is 19.0. The second-order valence-corrected chi connectivity index (χ2v) is 7.98. The van der Waals surface area contributed by atoms with Crippen LogP contribution in [0.5, 0.6) is 0 Å². The monoisotopic (exact) mass is 410 g/mol. The van der Waals surface area contributed by atoms with Crippen LogP contribution in [-0.4, -0.2) is 46.2 Å². The topological polar surface area (TPSA) is 73.1 Å². The summed E-state index contributed by atoms with van der Waals surface area (Å²) >= 11 is 0. The van der Waals surface area contributed by atoms with Gasteiger partial charge in [0.25, 0.3) is 5.97 Å². The van der Waals surface area contributed by atoms with Gasteiger partial charge < -0.3 is 15.1 Å². The van der Waals surface area contributed by atoms with E-state index in [9.17, 15) is 5.11 Å². The zero-order valence-corrected chi connectivity index (χ0v) is 19.2. The molecule has 1 aliphatic heterocycles. The summed E-state index contributed by atoms with van der Waals surface area (Å²) in [6, 6.07) is 0. The molecule has 29 heavy (non-hydrogen) atoms. The summed E-state index contributed by atoms with van der Waals surface area (Å²) in [5, 5.41) is 17.1. The van der Waals surface area contributed by atoms with Gasteiger partial charge in [-0.05, 0) is 39.0 Å². The van der Waals surface area contributed by atoms with Crippen LogP contribution in [0, 0.1) is 0 Å². The zero-order valence-electron chi connectivity index (χ0n) is 19.2. The molecule has 5 nitrogen and oxygen atoms in total. The Bertz CT molecular complexity index is 443. The summed E-state index contributed by atoms with van der Waals surface area (Å²) in [6.07, 6.45) is 22.8. The first-order valence-corrected chi connectivity index (χ1v) is 11.8. The van der Waals surface area contributed by atoms with E-state index in [0.717, 1.165) is 32.3 Å². The number of aliphatic hydroxyl groups excluding tert-OH is 1. The van der Waals surface area contributed by atoms with Gasteiger partial charge in [-0.2, -0.15) is 0 Å². The minimum absolute atomic E-state index is 0.385. The number of nitrogens with zero attached hydrogens (tertiary/aromatic N) is 2. The first-order chi connectivity index (χ1) is 14.0. The molecular formula is C24H46N2O3. The van der Waals surface area contributed by atoms with Gasteiger partial charge in [-0.1, -0.05) is 70.4 Å². The molecule has 0 aromatic heterocycles. The molecule has 0 aliphatic carbocycles. The largest absolute Gasteiger partial charge is 0.481 e. The van der Waals surface area contributed by atoms with Crippen LogP contribution in [0.2, 0.25) is 0 Å². The van der Waals surface area contributed by atoms with E-state index in [4.69, 9.17) is 9.90 Å². The van der Waals surface area contributed by atoms with Crippen LogP contribution < -0.4 is 0 Å². The van der Waals surface area contributed by atoms with Crippen molar-refractivity contribution in [2.24, 2.45) is 4.99 Å². The molecule has 1 heterocycles. The van der Waals surface area contributed by atoms with E-state index >= 15 is 0 Å². The second kappa shape index (κ2) is 19.9. The van der Waals surface area contributed by atoms with Gasteiger partial charge in [0, 0.05) is 19.9 Å². The molecule has 0 fully saturated rings. The first kappa shape index (κ1) is 27.6. The number of aliphatic carboxylic acids is 1. The third-order valence-electron chi connectivity index (χ3n) is 5.08. The van der Waals surface area contributed by atoms with Crippen molar-refractivity contribution in [3.63, 3.8) is 0 Å². The van der Waals surface area contributed by atoms with E-state index < -0.39 is 5.97 Å². The van der Waals surface area contributed by atoms with Crippen molar-refractivity contribution in [1.82, 2.24) is 4.90 Å². The van der Waals surface area contributed by atoms with Crippen LogP contribution >= 0.6 is 0 Å². The standard InChI is InChI=1S/C22H42N2O.C2H4O2/c1-3-4-5-6-7-8-9-10-11-12-13-14-15-16-17-18-22-23-19-20-24(22)21(2)25;1-2(3)4/h10-11,21,25H,3-9,12-20H2,1-2H3;1H3,(H,3,4)/b11-10+;. The summed E-state index contributed by atoms with van der Waals surface area (Å²) in [5.74, 6) is 0.285. The summed E-state index contributed by atoms with van der Waals surface area (Å²) < 4.78 is 0.